The van der Waals surface area contributed by atoms with Gasteiger partial charge in [0.05, 0.1) is 17.4 Å². The number of benzene rings is 2. The van der Waals surface area contributed by atoms with Crippen molar-refractivity contribution in [3.8, 4) is 0 Å². The molecule has 0 saturated heterocycles. The summed E-state index contributed by atoms with van der Waals surface area (Å²) >= 11 is 0. The molecule has 0 aliphatic heterocycles. The van der Waals surface area contributed by atoms with Crippen LogP contribution in [0, 0.1) is 0 Å². The molecule has 0 aliphatic carbocycles. The standard InChI is InChI=1S/C23H25N5O3/c1-4-12-26-21(30)18-11-10-17(20(29)24-15(2)3)13-19(18)28-22(26)25-27(23(28)31)14-16-8-6-5-7-9-16/h5-11,13,15H,4,12,14H2,1-3H3,(H,24,29). The Hall–Kier alpha value is -3.68. The molecule has 160 valence electrons. The average Bonchev–Trinajstić information content (AvgIpc) is 3.07. The third-order valence-corrected chi connectivity index (χ3v) is 5.08. The van der Waals surface area contributed by atoms with Gasteiger partial charge >= 0.3 is 5.69 Å². The van der Waals surface area contributed by atoms with E-state index in [1.165, 1.54) is 13.6 Å². The van der Waals surface area contributed by atoms with Gasteiger partial charge in [0.1, 0.15) is 0 Å². The number of aromatic nitrogens is 4. The molecule has 1 N–H and O–H groups in total. The van der Waals surface area contributed by atoms with Crippen molar-refractivity contribution < 1.29 is 4.79 Å². The molecule has 0 spiro atoms. The molecule has 31 heavy (non-hydrogen) atoms. The molecule has 2 aromatic carbocycles. The molecule has 1 amide bonds. The number of amides is 1. The highest BCUT2D eigenvalue weighted by molar-refractivity contribution is 5.98. The Balaban J connectivity index is 1.99. The lowest BCUT2D eigenvalue weighted by molar-refractivity contribution is 0.0943. The molecular formula is C23H25N5O3. The van der Waals surface area contributed by atoms with Crippen LogP contribution in [0.1, 0.15) is 43.1 Å². The molecule has 0 saturated carbocycles. The van der Waals surface area contributed by atoms with Crippen LogP contribution in [0.5, 0.6) is 0 Å². The minimum Gasteiger partial charge on any atom is -0.350 e. The Kier molecular flexibility index (Phi) is 5.46. The van der Waals surface area contributed by atoms with Gasteiger partial charge in [-0.15, -0.1) is 5.10 Å². The highest BCUT2D eigenvalue weighted by atomic mass is 16.2. The largest absolute Gasteiger partial charge is 0.352 e. The molecule has 8 heteroatoms. The first-order valence-electron chi connectivity index (χ1n) is 10.4. The smallest absolute Gasteiger partial charge is 0.350 e. The van der Waals surface area contributed by atoms with Crippen molar-refractivity contribution in [2.75, 3.05) is 0 Å². The molecule has 4 rings (SSSR count). The molecule has 2 aromatic heterocycles. The number of nitrogens with zero attached hydrogens (tertiary/aromatic N) is 4. The minimum absolute atomic E-state index is 0.0304. The van der Waals surface area contributed by atoms with Crippen LogP contribution in [-0.4, -0.2) is 30.7 Å². The topological polar surface area (TPSA) is 90.4 Å². The van der Waals surface area contributed by atoms with Crippen molar-refractivity contribution in [3.63, 3.8) is 0 Å². The van der Waals surface area contributed by atoms with E-state index in [2.05, 4.69) is 10.4 Å². The summed E-state index contributed by atoms with van der Waals surface area (Å²) in [7, 11) is 0. The molecule has 0 atom stereocenters. The number of nitrogens with one attached hydrogen (secondary N) is 1. The lowest BCUT2D eigenvalue weighted by Gasteiger charge is -2.11. The zero-order valence-electron chi connectivity index (χ0n) is 17.8. The average molecular weight is 419 g/mol. The molecule has 0 fully saturated rings. The van der Waals surface area contributed by atoms with Crippen LogP contribution >= 0.6 is 0 Å². The first-order chi connectivity index (χ1) is 14.9. The Bertz CT molecular complexity index is 1380. The molecule has 2 heterocycles. The van der Waals surface area contributed by atoms with Gasteiger partial charge in [0.25, 0.3) is 11.5 Å². The fourth-order valence-electron chi connectivity index (χ4n) is 3.69. The molecule has 0 bridgehead atoms. The Morgan fingerprint density at radius 1 is 1.10 bits per heavy atom. The molecular weight excluding hydrogens is 394 g/mol. The van der Waals surface area contributed by atoms with Gasteiger partial charge in [0.2, 0.25) is 5.78 Å². The fraction of sp³-hybridized carbons (Fsp3) is 0.304. The zero-order chi connectivity index (χ0) is 22.1. The van der Waals surface area contributed by atoms with Crippen molar-refractivity contribution >= 4 is 22.6 Å². The Labute approximate surface area is 178 Å². The van der Waals surface area contributed by atoms with Gasteiger partial charge < -0.3 is 5.32 Å². The van der Waals surface area contributed by atoms with E-state index in [4.69, 9.17) is 0 Å². The summed E-state index contributed by atoms with van der Waals surface area (Å²) in [6.45, 7) is 6.44. The van der Waals surface area contributed by atoms with E-state index in [9.17, 15) is 14.4 Å². The van der Waals surface area contributed by atoms with Crippen molar-refractivity contribution in [3.05, 3.63) is 80.5 Å². The highest BCUT2D eigenvalue weighted by Gasteiger charge is 2.19. The maximum Gasteiger partial charge on any atom is 0.352 e. The van der Waals surface area contributed by atoms with E-state index >= 15 is 0 Å². The predicted octanol–water partition coefficient (Wildman–Crippen LogP) is 2.41. The second kappa shape index (κ2) is 8.22. The highest BCUT2D eigenvalue weighted by Crippen LogP contribution is 2.15. The van der Waals surface area contributed by atoms with Crippen LogP contribution in [0.3, 0.4) is 0 Å². The number of aryl methyl sites for hydroxylation is 1. The summed E-state index contributed by atoms with van der Waals surface area (Å²) in [5.74, 6) is 0.0224. The lowest BCUT2D eigenvalue weighted by Crippen LogP contribution is -2.30. The van der Waals surface area contributed by atoms with Crippen LogP contribution in [0.4, 0.5) is 0 Å². The van der Waals surface area contributed by atoms with Crippen LogP contribution in [0.2, 0.25) is 0 Å². The quantitative estimate of drug-likeness (QED) is 0.520. The van der Waals surface area contributed by atoms with Gasteiger partial charge in [-0.2, -0.15) is 0 Å². The number of carbonyl (C=O) groups excluding carboxylic acids is 1. The second-order valence-corrected chi connectivity index (χ2v) is 7.88. The zero-order valence-corrected chi connectivity index (χ0v) is 17.8. The maximum atomic E-state index is 13.3. The van der Waals surface area contributed by atoms with Crippen molar-refractivity contribution in [1.29, 1.82) is 0 Å². The number of hydrogen-bond donors (Lipinski definition) is 1. The van der Waals surface area contributed by atoms with Gasteiger partial charge in [-0.05, 0) is 44.0 Å². The summed E-state index contributed by atoms with van der Waals surface area (Å²) in [4.78, 5) is 39.0. The Morgan fingerprint density at radius 2 is 1.84 bits per heavy atom. The van der Waals surface area contributed by atoms with Crippen LogP contribution in [0.25, 0.3) is 16.7 Å². The molecule has 0 aliphatic rings. The summed E-state index contributed by atoms with van der Waals surface area (Å²) in [5, 5.41) is 7.71. The second-order valence-electron chi connectivity index (χ2n) is 7.88. The van der Waals surface area contributed by atoms with E-state index < -0.39 is 0 Å². The number of carbonyl (C=O) groups is 1. The summed E-state index contributed by atoms with van der Waals surface area (Å²) < 4.78 is 4.32. The SMILES string of the molecule is CCCn1c(=O)c2ccc(C(=O)NC(C)C)cc2n2c(=O)n(Cc3ccccc3)nc12. The van der Waals surface area contributed by atoms with Gasteiger partial charge in [0.15, 0.2) is 0 Å². The normalized spacial score (nSPS) is 11.5. The minimum atomic E-state index is -0.352. The van der Waals surface area contributed by atoms with Crippen molar-refractivity contribution in [2.45, 2.75) is 46.3 Å². The van der Waals surface area contributed by atoms with E-state index in [0.29, 0.717) is 23.0 Å². The monoisotopic (exact) mass is 419 g/mol. The molecule has 0 radical (unpaired) electrons. The number of fused-ring (bicyclic) bond motifs is 3. The summed E-state index contributed by atoms with van der Waals surface area (Å²) in [6.07, 6.45) is 0.718. The van der Waals surface area contributed by atoms with Crippen molar-refractivity contribution in [1.82, 2.24) is 24.1 Å². The van der Waals surface area contributed by atoms with E-state index in [-0.39, 0.29) is 35.5 Å². The van der Waals surface area contributed by atoms with E-state index in [1.54, 1.807) is 18.2 Å². The predicted molar refractivity (Wildman–Crippen MR) is 120 cm³/mol. The van der Waals surface area contributed by atoms with E-state index in [1.807, 2.05) is 51.1 Å². The Morgan fingerprint density at radius 3 is 2.52 bits per heavy atom. The summed E-state index contributed by atoms with van der Waals surface area (Å²) in [5.41, 5.74) is 1.12. The lowest BCUT2D eigenvalue weighted by atomic mass is 10.1. The third kappa shape index (κ3) is 3.76. The van der Waals surface area contributed by atoms with Crippen LogP contribution in [0.15, 0.2) is 58.1 Å². The maximum absolute atomic E-state index is 13.3. The van der Waals surface area contributed by atoms with Gasteiger partial charge in [0, 0.05) is 18.2 Å². The molecule has 8 nitrogen and oxygen atoms in total. The van der Waals surface area contributed by atoms with Gasteiger partial charge in [-0.25, -0.2) is 13.9 Å². The fourth-order valence-corrected chi connectivity index (χ4v) is 3.69. The van der Waals surface area contributed by atoms with Gasteiger partial charge in [-0.1, -0.05) is 37.3 Å². The first kappa shape index (κ1) is 20.6. The van der Waals surface area contributed by atoms with E-state index in [0.717, 1.165) is 12.0 Å². The molecule has 4 aromatic rings. The van der Waals surface area contributed by atoms with Crippen LogP contribution < -0.4 is 16.6 Å². The first-order valence-corrected chi connectivity index (χ1v) is 10.4. The summed E-state index contributed by atoms with van der Waals surface area (Å²) in [6, 6.07) is 14.3. The third-order valence-electron chi connectivity index (χ3n) is 5.08. The number of hydrogen-bond acceptors (Lipinski definition) is 4. The van der Waals surface area contributed by atoms with Crippen LogP contribution in [-0.2, 0) is 13.1 Å². The van der Waals surface area contributed by atoms with Crippen molar-refractivity contribution in [2.24, 2.45) is 0 Å². The molecule has 0 unspecified atom stereocenters. The number of rotatable bonds is 6. The van der Waals surface area contributed by atoms with Gasteiger partial charge in [-0.3, -0.25) is 14.2 Å².